The second-order valence-corrected chi connectivity index (χ2v) is 5.37. The molecule has 0 aromatic rings. The lowest BCUT2D eigenvalue weighted by atomic mass is 9.87. The molecule has 2 N–H and O–H groups in total. The van der Waals surface area contributed by atoms with Crippen LogP contribution in [0.25, 0.3) is 0 Å². The Morgan fingerprint density at radius 1 is 1.12 bits per heavy atom. The number of nitrogens with zero attached hydrogens (tertiary/aromatic N) is 1. The molecule has 0 aromatic carbocycles. The van der Waals surface area contributed by atoms with E-state index in [0.717, 1.165) is 31.8 Å². The Bertz CT molecular complexity index is 236. The number of likely N-dealkylation sites (tertiary alicyclic amines) is 1. The van der Waals surface area contributed by atoms with Crippen molar-refractivity contribution < 1.29 is 4.79 Å². The van der Waals surface area contributed by atoms with Gasteiger partial charge in [0.2, 0.25) is 5.91 Å². The molecule has 3 nitrogen and oxygen atoms in total. The highest BCUT2D eigenvalue weighted by Crippen LogP contribution is 2.26. The molecule has 1 heterocycles. The average Bonchev–Trinajstić information content (AvgIpc) is 2.32. The summed E-state index contributed by atoms with van der Waals surface area (Å²) >= 11 is 0. The number of piperidine rings is 1. The zero-order chi connectivity index (χ0) is 11.4. The Morgan fingerprint density at radius 3 is 2.62 bits per heavy atom. The van der Waals surface area contributed by atoms with Gasteiger partial charge in [-0.1, -0.05) is 32.1 Å². The van der Waals surface area contributed by atoms with E-state index in [4.69, 9.17) is 5.73 Å². The second-order valence-electron chi connectivity index (χ2n) is 5.37. The standard InChI is InChI=1S/C13H24N2O/c14-12-7-4-9-15(13(12)16)10-8-11-5-2-1-3-6-11/h11-12H,1-10,14H2. The van der Waals surface area contributed by atoms with E-state index in [1.165, 1.54) is 38.5 Å². The fourth-order valence-electron chi connectivity index (χ4n) is 3.01. The molecule has 2 rings (SSSR count). The lowest BCUT2D eigenvalue weighted by Gasteiger charge is -2.32. The molecule has 0 radical (unpaired) electrons. The smallest absolute Gasteiger partial charge is 0.239 e. The largest absolute Gasteiger partial charge is 0.341 e. The first-order chi connectivity index (χ1) is 7.77. The second kappa shape index (κ2) is 5.67. The first kappa shape index (κ1) is 11.9. The molecule has 1 amide bonds. The van der Waals surface area contributed by atoms with E-state index in [1.807, 2.05) is 4.90 Å². The molecule has 2 fully saturated rings. The summed E-state index contributed by atoms with van der Waals surface area (Å²) in [5.41, 5.74) is 5.79. The van der Waals surface area contributed by atoms with Gasteiger partial charge >= 0.3 is 0 Å². The van der Waals surface area contributed by atoms with Crippen LogP contribution in [0.1, 0.15) is 51.4 Å². The van der Waals surface area contributed by atoms with Crippen molar-refractivity contribution in [3.05, 3.63) is 0 Å². The van der Waals surface area contributed by atoms with E-state index in [0.29, 0.717) is 0 Å². The van der Waals surface area contributed by atoms with E-state index in [1.54, 1.807) is 0 Å². The molecule has 1 saturated carbocycles. The number of hydrogen-bond acceptors (Lipinski definition) is 2. The lowest BCUT2D eigenvalue weighted by molar-refractivity contribution is -0.135. The van der Waals surface area contributed by atoms with Gasteiger partial charge in [0.1, 0.15) is 0 Å². The van der Waals surface area contributed by atoms with Crippen LogP contribution in [-0.2, 0) is 4.79 Å². The number of carbonyl (C=O) groups excluding carboxylic acids is 1. The van der Waals surface area contributed by atoms with Crippen LogP contribution in [0.5, 0.6) is 0 Å². The molecule has 1 aliphatic carbocycles. The third-order valence-corrected chi connectivity index (χ3v) is 4.10. The quantitative estimate of drug-likeness (QED) is 0.796. The number of hydrogen-bond donors (Lipinski definition) is 1. The zero-order valence-corrected chi connectivity index (χ0v) is 10.2. The lowest BCUT2D eigenvalue weighted by Crippen LogP contribution is -2.48. The van der Waals surface area contributed by atoms with Crippen molar-refractivity contribution in [2.75, 3.05) is 13.1 Å². The van der Waals surface area contributed by atoms with E-state index >= 15 is 0 Å². The van der Waals surface area contributed by atoms with Crippen LogP contribution < -0.4 is 5.73 Å². The van der Waals surface area contributed by atoms with E-state index in [9.17, 15) is 4.79 Å². The summed E-state index contributed by atoms with van der Waals surface area (Å²) in [7, 11) is 0. The van der Waals surface area contributed by atoms with Gasteiger partial charge in [-0.2, -0.15) is 0 Å². The molecule has 1 saturated heterocycles. The molecule has 16 heavy (non-hydrogen) atoms. The summed E-state index contributed by atoms with van der Waals surface area (Å²) in [5, 5.41) is 0. The average molecular weight is 224 g/mol. The maximum absolute atomic E-state index is 11.8. The Hall–Kier alpha value is -0.570. The van der Waals surface area contributed by atoms with Crippen molar-refractivity contribution in [1.29, 1.82) is 0 Å². The van der Waals surface area contributed by atoms with Gasteiger partial charge < -0.3 is 10.6 Å². The molecule has 92 valence electrons. The molecule has 1 aliphatic heterocycles. The third-order valence-electron chi connectivity index (χ3n) is 4.10. The summed E-state index contributed by atoms with van der Waals surface area (Å²) in [6.45, 7) is 1.87. The summed E-state index contributed by atoms with van der Waals surface area (Å²) in [4.78, 5) is 13.8. The normalized spacial score (nSPS) is 28.4. The highest BCUT2D eigenvalue weighted by molar-refractivity contribution is 5.82. The van der Waals surface area contributed by atoms with Crippen molar-refractivity contribution in [2.24, 2.45) is 11.7 Å². The van der Waals surface area contributed by atoms with Gasteiger partial charge in [-0.3, -0.25) is 4.79 Å². The number of carbonyl (C=O) groups is 1. The Kier molecular flexibility index (Phi) is 4.22. The minimum atomic E-state index is -0.222. The maximum atomic E-state index is 11.8. The van der Waals surface area contributed by atoms with Gasteiger partial charge in [0, 0.05) is 13.1 Å². The van der Waals surface area contributed by atoms with E-state index in [-0.39, 0.29) is 11.9 Å². The summed E-state index contributed by atoms with van der Waals surface area (Å²) in [6.07, 6.45) is 10.1. The van der Waals surface area contributed by atoms with E-state index < -0.39 is 0 Å². The van der Waals surface area contributed by atoms with Crippen LogP contribution in [0.15, 0.2) is 0 Å². The van der Waals surface area contributed by atoms with Gasteiger partial charge in [-0.25, -0.2) is 0 Å². The third kappa shape index (κ3) is 2.97. The predicted octanol–water partition coefficient (Wildman–Crippen LogP) is 1.91. The van der Waals surface area contributed by atoms with Gasteiger partial charge in [-0.05, 0) is 25.2 Å². The highest BCUT2D eigenvalue weighted by Gasteiger charge is 2.26. The first-order valence-corrected chi connectivity index (χ1v) is 6.82. The summed E-state index contributed by atoms with van der Waals surface area (Å²) in [5.74, 6) is 1.04. The van der Waals surface area contributed by atoms with Crippen LogP contribution in [0.2, 0.25) is 0 Å². The van der Waals surface area contributed by atoms with Crippen LogP contribution in [0.4, 0.5) is 0 Å². The molecular weight excluding hydrogens is 200 g/mol. The SMILES string of the molecule is NC1CCCN(CCC2CCCCC2)C1=O. The van der Waals surface area contributed by atoms with Crippen molar-refractivity contribution in [2.45, 2.75) is 57.4 Å². The van der Waals surface area contributed by atoms with E-state index in [2.05, 4.69) is 0 Å². The van der Waals surface area contributed by atoms with Crippen molar-refractivity contribution in [3.8, 4) is 0 Å². The summed E-state index contributed by atoms with van der Waals surface area (Å²) in [6, 6.07) is -0.222. The molecular formula is C13H24N2O. The van der Waals surface area contributed by atoms with Crippen LogP contribution >= 0.6 is 0 Å². The summed E-state index contributed by atoms with van der Waals surface area (Å²) < 4.78 is 0. The minimum absolute atomic E-state index is 0.182. The van der Waals surface area contributed by atoms with Gasteiger partial charge in [-0.15, -0.1) is 0 Å². The first-order valence-electron chi connectivity index (χ1n) is 6.82. The number of amides is 1. The van der Waals surface area contributed by atoms with Crippen LogP contribution in [-0.4, -0.2) is 29.9 Å². The minimum Gasteiger partial charge on any atom is -0.341 e. The predicted molar refractivity (Wildman–Crippen MR) is 65.0 cm³/mol. The fraction of sp³-hybridized carbons (Fsp3) is 0.923. The van der Waals surface area contributed by atoms with Crippen LogP contribution in [0.3, 0.4) is 0 Å². The highest BCUT2D eigenvalue weighted by atomic mass is 16.2. The van der Waals surface area contributed by atoms with Gasteiger partial charge in [0.05, 0.1) is 6.04 Å². The zero-order valence-electron chi connectivity index (χ0n) is 10.2. The Balaban J connectivity index is 1.73. The molecule has 0 aromatic heterocycles. The van der Waals surface area contributed by atoms with Crippen LogP contribution in [0, 0.1) is 5.92 Å². The van der Waals surface area contributed by atoms with Crippen molar-refractivity contribution in [3.63, 3.8) is 0 Å². The monoisotopic (exact) mass is 224 g/mol. The maximum Gasteiger partial charge on any atom is 0.239 e. The molecule has 2 aliphatic rings. The molecule has 3 heteroatoms. The van der Waals surface area contributed by atoms with Crippen molar-refractivity contribution >= 4 is 5.91 Å². The molecule has 0 bridgehead atoms. The number of nitrogens with two attached hydrogens (primary N) is 1. The Morgan fingerprint density at radius 2 is 1.88 bits per heavy atom. The Labute approximate surface area is 98.4 Å². The van der Waals surface area contributed by atoms with Gasteiger partial charge in [0.25, 0.3) is 0 Å². The fourth-order valence-corrected chi connectivity index (χ4v) is 3.01. The molecule has 1 atom stereocenters. The van der Waals surface area contributed by atoms with Gasteiger partial charge in [0.15, 0.2) is 0 Å². The van der Waals surface area contributed by atoms with Crippen molar-refractivity contribution in [1.82, 2.24) is 4.90 Å². The number of rotatable bonds is 3. The molecule has 0 spiro atoms. The molecule has 1 unspecified atom stereocenters. The topological polar surface area (TPSA) is 46.3 Å².